The monoisotopic (exact) mass is 214 g/mol. The van der Waals surface area contributed by atoms with Crippen LogP contribution in [0.1, 0.15) is 32.0 Å². The fourth-order valence-corrected chi connectivity index (χ4v) is 1.93. The molecule has 2 heteroatoms. The van der Waals surface area contributed by atoms with Crippen LogP contribution in [0.25, 0.3) is 10.8 Å². The minimum atomic E-state index is 0.0242. The minimum absolute atomic E-state index is 0.0242. The smallest absolute Gasteiger partial charge is 0.0651 e. The summed E-state index contributed by atoms with van der Waals surface area (Å²) < 4.78 is 0. The fourth-order valence-electron chi connectivity index (χ4n) is 1.93. The molecule has 1 heterocycles. The third-order valence-electron chi connectivity index (χ3n) is 3.28. The molecule has 16 heavy (non-hydrogen) atoms. The highest BCUT2D eigenvalue weighted by atomic mass is 14.8. The summed E-state index contributed by atoms with van der Waals surface area (Å²) in [6.45, 7) is 4.34. The molecule has 0 aliphatic rings. The summed E-state index contributed by atoms with van der Waals surface area (Å²) in [7, 11) is 0. The van der Waals surface area contributed by atoms with Crippen LogP contribution in [0.5, 0.6) is 0 Å². The fraction of sp³-hybridized carbons (Fsp3) is 0.357. The molecule has 2 nitrogen and oxygen atoms in total. The quantitative estimate of drug-likeness (QED) is 0.851. The van der Waals surface area contributed by atoms with Crippen LogP contribution in [0.2, 0.25) is 0 Å². The summed E-state index contributed by atoms with van der Waals surface area (Å²) in [6, 6.07) is 10.3. The van der Waals surface area contributed by atoms with E-state index in [4.69, 9.17) is 5.73 Å². The van der Waals surface area contributed by atoms with E-state index in [9.17, 15) is 0 Å². The zero-order valence-electron chi connectivity index (χ0n) is 9.85. The molecule has 0 fully saturated rings. The topological polar surface area (TPSA) is 38.9 Å². The third-order valence-corrected chi connectivity index (χ3v) is 3.28. The van der Waals surface area contributed by atoms with Crippen molar-refractivity contribution in [1.29, 1.82) is 0 Å². The lowest BCUT2D eigenvalue weighted by atomic mass is 9.94. The van der Waals surface area contributed by atoms with Gasteiger partial charge < -0.3 is 5.73 Å². The Hall–Kier alpha value is -1.41. The molecule has 1 aromatic heterocycles. The lowest BCUT2D eigenvalue weighted by molar-refractivity contribution is 0.451. The van der Waals surface area contributed by atoms with E-state index in [2.05, 4.69) is 31.0 Å². The maximum atomic E-state index is 6.25. The van der Waals surface area contributed by atoms with E-state index in [1.807, 2.05) is 24.4 Å². The van der Waals surface area contributed by atoms with Crippen molar-refractivity contribution in [3.8, 4) is 0 Å². The number of aromatic nitrogens is 1. The standard InChI is InChI=1S/C14H18N2/c1-3-10(2)13(15)14-12-7-5-4-6-11(12)8-9-16-14/h4-10,13H,3,15H2,1-2H3. The van der Waals surface area contributed by atoms with Crippen LogP contribution in [-0.4, -0.2) is 4.98 Å². The molecule has 2 aromatic rings. The first-order chi connectivity index (χ1) is 7.74. The van der Waals surface area contributed by atoms with Gasteiger partial charge in [0.05, 0.1) is 11.7 Å². The molecule has 2 unspecified atom stereocenters. The van der Waals surface area contributed by atoms with Crippen LogP contribution < -0.4 is 5.73 Å². The zero-order chi connectivity index (χ0) is 11.5. The average Bonchev–Trinajstić information content (AvgIpc) is 2.36. The first-order valence-corrected chi connectivity index (χ1v) is 5.83. The van der Waals surface area contributed by atoms with Crippen molar-refractivity contribution in [2.24, 2.45) is 11.7 Å². The summed E-state index contributed by atoms with van der Waals surface area (Å²) in [4.78, 5) is 4.45. The second-order valence-corrected chi connectivity index (χ2v) is 4.33. The predicted octanol–water partition coefficient (Wildman–Crippen LogP) is 3.28. The summed E-state index contributed by atoms with van der Waals surface area (Å²) in [5.74, 6) is 0.457. The van der Waals surface area contributed by atoms with Crippen molar-refractivity contribution in [2.45, 2.75) is 26.3 Å². The van der Waals surface area contributed by atoms with Crippen molar-refractivity contribution >= 4 is 10.8 Å². The van der Waals surface area contributed by atoms with Crippen LogP contribution in [0.15, 0.2) is 36.5 Å². The van der Waals surface area contributed by atoms with Gasteiger partial charge in [-0.15, -0.1) is 0 Å². The van der Waals surface area contributed by atoms with Crippen molar-refractivity contribution in [2.75, 3.05) is 0 Å². The maximum absolute atomic E-state index is 6.25. The lowest BCUT2D eigenvalue weighted by Gasteiger charge is -2.19. The highest BCUT2D eigenvalue weighted by Crippen LogP contribution is 2.26. The van der Waals surface area contributed by atoms with E-state index in [1.165, 1.54) is 10.8 Å². The molecule has 84 valence electrons. The minimum Gasteiger partial charge on any atom is -0.322 e. The second-order valence-electron chi connectivity index (χ2n) is 4.33. The highest BCUT2D eigenvalue weighted by Gasteiger charge is 2.16. The highest BCUT2D eigenvalue weighted by molar-refractivity contribution is 5.84. The molecule has 0 spiro atoms. The van der Waals surface area contributed by atoms with Crippen LogP contribution in [0.4, 0.5) is 0 Å². The number of rotatable bonds is 3. The lowest BCUT2D eigenvalue weighted by Crippen LogP contribution is -2.20. The molecule has 1 aromatic carbocycles. The molecule has 0 aliphatic heterocycles. The van der Waals surface area contributed by atoms with Gasteiger partial charge in [-0.2, -0.15) is 0 Å². The van der Waals surface area contributed by atoms with Gasteiger partial charge in [-0.25, -0.2) is 0 Å². The van der Waals surface area contributed by atoms with E-state index in [1.54, 1.807) is 0 Å². The van der Waals surface area contributed by atoms with Gasteiger partial charge in [0.15, 0.2) is 0 Å². The molecule has 0 aliphatic carbocycles. The number of hydrogen-bond acceptors (Lipinski definition) is 2. The van der Waals surface area contributed by atoms with Gasteiger partial charge in [0.1, 0.15) is 0 Å². The maximum Gasteiger partial charge on any atom is 0.0651 e. The molecule has 0 saturated carbocycles. The molecule has 2 atom stereocenters. The molecular formula is C14H18N2. The summed E-state index contributed by atoms with van der Waals surface area (Å²) in [6.07, 6.45) is 2.92. The molecule has 2 N–H and O–H groups in total. The Bertz CT molecular complexity index is 474. The van der Waals surface area contributed by atoms with Crippen LogP contribution in [0.3, 0.4) is 0 Å². The molecule has 0 saturated heterocycles. The van der Waals surface area contributed by atoms with Gasteiger partial charge >= 0.3 is 0 Å². The zero-order valence-corrected chi connectivity index (χ0v) is 9.85. The number of fused-ring (bicyclic) bond motifs is 1. The van der Waals surface area contributed by atoms with Gasteiger partial charge in [0.2, 0.25) is 0 Å². The van der Waals surface area contributed by atoms with Crippen molar-refractivity contribution in [1.82, 2.24) is 4.98 Å². The number of hydrogen-bond donors (Lipinski definition) is 1. The first-order valence-electron chi connectivity index (χ1n) is 5.83. The van der Waals surface area contributed by atoms with Crippen molar-refractivity contribution in [3.05, 3.63) is 42.2 Å². The van der Waals surface area contributed by atoms with Gasteiger partial charge in [-0.05, 0) is 17.4 Å². The predicted molar refractivity (Wildman–Crippen MR) is 68.1 cm³/mol. The second kappa shape index (κ2) is 4.62. The average molecular weight is 214 g/mol. The van der Waals surface area contributed by atoms with Gasteiger partial charge in [0, 0.05) is 11.6 Å². The van der Waals surface area contributed by atoms with Crippen LogP contribution >= 0.6 is 0 Å². The van der Waals surface area contributed by atoms with Crippen molar-refractivity contribution in [3.63, 3.8) is 0 Å². The van der Waals surface area contributed by atoms with Crippen LogP contribution in [0, 0.1) is 5.92 Å². The number of nitrogens with zero attached hydrogens (tertiary/aromatic N) is 1. The van der Waals surface area contributed by atoms with Gasteiger partial charge in [0.25, 0.3) is 0 Å². The largest absolute Gasteiger partial charge is 0.322 e. The SMILES string of the molecule is CCC(C)C(N)c1nccc2ccccc12. The van der Waals surface area contributed by atoms with Gasteiger partial charge in [-0.1, -0.05) is 44.5 Å². The Morgan fingerprint density at radius 3 is 2.75 bits per heavy atom. The Labute approximate surface area is 96.5 Å². The third kappa shape index (κ3) is 1.93. The first kappa shape index (κ1) is 11.1. The number of nitrogens with two attached hydrogens (primary N) is 1. The van der Waals surface area contributed by atoms with E-state index in [0.29, 0.717) is 5.92 Å². The summed E-state index contributed by atoms with van der Waals surface area (Å²) in [5.41, 5.74) is 7.27. The Balaban J connectivity index is 2.52. The Morgan fingerprint density at radius 2 is 2.00 bits per heavy atom. The van der Waals surface area contributed by atoms with E-state index in [0.717, 1.165) is 12.1 Å². The van der Waals surface area contributed by atoms with Crippen molar-refractivity contribution < 1.29 is 0 Å². The number of benzene rings is 1. The van der Waals surface area contributed by atoms with E-state index < -0.39 is 0 Å². The number of pyridine rings is 1. The normalized spacial score (nSPS) is 14.9. The molecular weight excluding hydrogens is 196 g/mol. The Kier molecular flexibility index (Phi) is 3.20. The molecule has 0 radical (unpaired) electrons. The van der Waals surface area contributed by atoms with E-state index in [-0.39, 0.29) is 6.04 Å². The van der Waals surface area contributed by atoms with Gasteiger partial charge in [-0.3, -0.25) is 4.98 Å². The molecule has 0 amide bonds. The summed E-state index contributed by atoms with van der Waals surface area (Å²) >= 11 is 0. The van der Waals surface area contributed by atoms with Crippen LogP contribution in [-0.2, 0) is 0 Å². The van der Waals surface area contributed by atoms with E-state index >= 15 is 0 Å². The summed E-state index contributed by atoms with van der Waals surface area (Å²) in [5, 5.41) is 2.39. The Morgan fingerprint density at radius 1 is 1.25 bits per heavy atom. The molecule has 2 rings (SSSR count). The molecule has 0 bridgehead atoms.